The van der Waals surface area contributed by atoms with Crippen LogP contribution in [0.25, 0.3) is 0 Å². The Bertz CT molecular complexity index is 331. The Morgan fingerprint density at radius 1 is 1.31 bits per heavy atom. The van der Waals surface area contributed by atoms with Crippen LogP contribution in [0.15, 0.2) is 24.5 Å². The average Bonchev–Trinajstić information content (AvgIpc) is 2.81. The van der Waals surface area contributed by atoms with Gasteiger partial charge in [-0.05, 0) is 30.5 Å². The molecule has 0 atom stereocenters. The second-order valence-corrected chi connectivity index (χ2v) is 4.43. The van der Waals surface area contributed by atoms with E-state index in [9.17, 15) is 4.79 Å². The monoisotopic (exact) mass is 218 g/mol. The number of carbonyl (C=O) groups is 1. The SMILES string of the molecule is O=C(CNC1CCCC1)Cc1ccncc1. The molecule has 1 aliphatic carbocycles. The molecule has 0 spiro atoms. The van der Waals surface area contributed by atoms with E-state index in [0.29, 0.717) is 19.0 Å². The van der Waals surface area contributed by atoms with Gasteiger partial charge in [-0.2, -0.15) is 0 Å². The van der Waals surface area contributed by atoms with E-state index in [2.05, 4.69) is 10.3 Å². The minimum Gasteiger partial charge on any atom is -0.307 e. The maximum Gasteiger partial charge on any atom is 0.150 e. The fraction of sp³-hybridized carbons (Fsp3) is 0.538. The number of carbonyl (C=O) groups excluding carboxylic acids is 1. The maximum absolute atomic E-state index is 11.7. The molecule has 3 heteroatoms. The van der Waals surface area contributed by atoms with Crippen molar-refractivity contribution in [3.05, 3.63) is 30.1 Å². The third kappa shape index (κ3) is 3.42. The van der Waals surface area contributed by atoms with Crippen molar-refractivity contribution in [1.82, 2.24) is 10.3 Å². The molecule has 0 aliphatic heterocycles. The van der Waals surface area contributed by atoms with Crippen molar-refractivity contribution in [2.24, 2.45) is 0 Å². The zero-order chi connectivity index (χ0) is 11.2. The maximum atomic E-state index is 11.7. The van der Waals surface area contributed by atoms with Gasteiger partial charge in [-0.3, -0.25) is 9.78 Å². The Balaban J connectivity index is 1.72. The Kier molecular flexibility index (Phi) is 4.05. The van der Waals surface area contributed by atoms with Gasteiger partial charge in [-0.1, -0.05) is 12.8 Å². The Morgan fingerprint density at radius 2 is 2.00 bits per heavy atom. The van der Waals surface area contributed by atoms with Crippen LogP contribution >= 0.6 is 0 Å². The molecule has 0 bridgehead atoms. The first kappa shape index (κ1) is 11.3. The summed E-state index contributed by atoms with van der Waals surface area (Å²) in [6.07, 6.45) is 9.03. The highest BCUT2D eigenvalue weighted by atomic mass is 16.1. The van der Waals surface area contributed by atoms with Crippen LogP contribution in [0.2, 0.25) is 0 Å². The number of nitrogens with zero attached hydrogens (tertiary/aromatic N) is 1. The van der Waals surface area contributed by atoms with Crippen LogP contribution in [0.3, 0.4) is 0 Å². The van der Waals surface area contributed by atoms with E-state index in [1.165, 1.54) is 25.7 Å². The van der Waals surface area contributed by atoms with Gasteiger partial charge in [-0.15, -0.1) is 0 Å². The van der Waals surface area contributed by atoms with Crippen LogP contribution in [0, 0.1) is 0 Å². The largest absolute Gasteiger partial charge is 0.307 e. The van der Waals surface area contributed by atoms with Crippen LogP contribution in [-0.2, 0) is 11.2 Å². The van der Waals surface area contributed by atoms with Gasteiger partial charge in [0.15, 0.2) is 5.78 Å². The summed E-state index contributed by atoms with van der Waals surface area (Å²) in [5.41, 5.74) is 1.05. The number of ketones is 1. The Morgan fingerprint density at radius 3 is 2.69 bits per heavy atom. The normalized spacial score (nSPS) is 16.5. The third-order valence-corrected chi connectivity index (χ3v) is 3.09. The number of nitrogens with one attached hydrogen (secondary N) is 1. The molecule has 3 nitrogen and oxygen atoms in total. The molecule has 1 aliphatic rings. The van der Waals surface area contributed by atoms with Gasteiger partial charge in [0.1, 0.15) is 0 Å². The summed E-state index contributed by atoms with van der Waals surface area (Å²) in [7, 11) is 0. The van der Waals surface area contributed by atoms with E-state index in [0.717, 1.165) is 5.56 Å². The lowest BCUT2D eigenvalue weighted by Crippen LogP contribution is -2.32. The molecule has 1 aromatic rings. The smallest absolute Gasteiger partial charge is 0.150 e. The molecular weight excluding hydrogens is 200 g/mol. The first-order valence-electron chi connectivity index (χ1n) is 5.98. The Labute approximate surface area is 96.3 Å². The molecule has 0 aromatic carbocycles. The molecule has 0 saturated heterocycles. The Hall–Kier alpha value is -1.22. The van der Waals surface area contributed by atoms with Crippen molar-refractivity contribution in [1.29, 1.82) is 0 Å². The van der Waals surface area contributed by atoms with E-state index in [1.807, 2.05) is 12.1 Å². The predicted molar refractivity (Wildman–Crippen MR) is 63.2 cm³/mol. The summed E-state index contributed by atoms with van der Waals surface area (Å²) in [4.78, 5) is 15.6. The molecule has 1 aromatic heterocycles. The van der Waals surface area contributed by atoms with Crippen molar-refractivity contribution in [3.63, 3.8) is 0 Å². The summed E-state index contributed by atoms with van der Waals surface area (Å²) in [6.45, 7) is 0.507. The van der Waals surface area contributed by atoms with Crippen LogP contribution in [0.5, 0.6) is 0 Å². The molecule has 1 fully saturated rings. The lowest BCUT2D eigenvalue weighted by Gasteiger charge is -2.10. The number of Topliss-reactive ketones (excluding diaryl/α,β-unsaturated/α-hetero) is 1. The van der Waals surface area contributed by atoms with E-state index in [4.69, 9.17) is 0 Å². The molecule has 86 valence electrons. The fourth-order valence-corrected chi connectivity index (χ4v) is 2.18. The van der Waals surface area contributed by atoms with Gasteiger partial charge in [0.25, 0.3) is 0 Å². The summed E-state index contributed by atoms with van der Waals surface area (Å²) in [5, 5.41) is 3.34. The van der Waals surface area contributed by atoms with Crippen molar-refractivity contribution >= 4 is 5.78 Å². The zero-order valence-electron chi connectivity index (χ0n) is 9.48. The average molecular weight is 218 g/mol. The summed E-state index contributed by atoms with van der Waals surface area (Å²) < 4.78 is 0. The molecule has 0 amide bonds. The number of pyridine rings is 1. The van der Waals surface area contributed by atoms with Crippen molar-refractivity contribution < 1.29 is 4.79 Å². The number of rotatable bonds is 5. The predicted octanol–water partition coefficient (Wildman–Crippen LogP) is 1.73. The highest BCUT2D eigenvalue weighted by Crippen LogP contribution is 2.17. The second kappa shape index (κ2) is 5.75. The summed E-state index contributed by atoms with van der Waals surface area (Å²) in [6, 6.07) is 4.36. The van der Waals surface area contributed by atoms with Gasteiger partial charge in [-0.25, -0.2) is 0 Å². The number of hydrogen-bond donors (Lipinski definition) is 1. The molecule has 0 radical (unpaired) electrons. The minimum absolute atomic E-state index is 0.262. The third-order valence-electron chi connectivity index (χ3n) is 3.09. The summed E-state index contributed by atoms with van der Waals surface area (Å²) in [5.74, 6) is 0.262. The molecular formula is C13H18N2O. The molecule has 2 rings (SSSR count). The molecule has 1 N–H and O–H groups in total. The minimum atomic E-state index is 0.262. The lowest BCUT2D eigenvalue weighted by atomic mass is 10.1. The zero-order valence-corrected chi connectivity index (χ0v) is 9.48. The molecule has 1 heterocycles. The number of aromatic nitrogens is 1. The van der Waals surface area contributed by atoms with E-state index >= 15 is 0 Å². The van der Waals surface area contributed by atoms with E-state index in [-0.39, 0.29) is 5.78 Å². The summed E-state index contributed by atoms with van der Waals surface area (Å²) >= 11 is 0. The van der Waals surface area contributed by atoms with Crippen LogP contribution in [0.4, 0.5) is 0 Å². The van der Waals surface area contributed by atoms with Gasteiger partial charge in [0.05, 0.1) is 6.54 Å². The van der Waals surface area contributed by atoms with Crippen LogP contribution < -0.4 is 5.32 Å². The quantitative estimate of drug-likeness (QED) is 0.818. The van der Waals surface area contributed by atoms with Gasteiger partial charge in [0, 0.05) is 24.9 Å². The highest BCUT2D eigenvalue weighted by Gasteiger charge is 2.15. The van der Waals surface area contributed by atoms with Crippen molar-refractivity contribution in [3.8, 4) is 0 Å². The van der Waals surface area contributed by atoms with E-state index in [1.54, 1.807) is 12.4 Å². The lowest BCUT2D eigenvalue weighted by molar-refractivity contribution is -0.117. The number of hydrogen-bond acceptors (Lipinski definition) is 3. The van der Waals surface area contributed by atoms with E-state index < -0.39 is 0 Å². The van der Waals surface area contributed by atoms with Crippen LogP contribution in [0.1, 0.15) is 31.2 Å². The first-order valence-corrected chi connectivity index (χ1v) is 5.98. The molecule has 16 heavy (non-hydrogen) atoms. The van der Waals surface area contributed by atoms with Gasteiger partial charge >= 0.3 is 0 Å². The van der Waals surface area contributed by atoms with Crippen molar-refractivity contribution in [2.45, 2.75) is 38.1 Å². The molecule has 0 unspecified atom stereocenters. The van der Waals surface area contributed by atoms with Crippen LogP contribution in [-0.4, -0.2) is 23.4 Å². The van der Waals surface area contributed by atoms with Crippen molar-refractivity contribution in [2.75, 3.05) is 6.54 Å². The topological polar surface area (TPSA) is 42.0 Å². The standard InChI is InChI=1S/C13H18N2O/c16-13(9-11-5-7-14-8-6-11)10-15-12-3-1-2-4-12/h5-8,12,15H,1-4,9-10H2. The highest BCUT2D eigenvalue weighted by molar-refractivity contribution is 5.82. The second-order valence-electron chi connectivity index (χ2n) is 4.43. The molecule has 1 saturated carbocycles. The fourth-order valence-electron chi connectivity index (χ4n) is 2.18. The first-order chi connectivity index (χ1) is 7.84. The van der Waals surface area contributed by atoms with Gasteiger partial charge < -0.3 is 5.32 Å². The van der Waals surface area contributed by atoms with Gasteiger partial charge in [0.2, 0.25) is 0 Å².